The van der Waals surface area contributed by atoms with Crippen LogP contribution in [0.25, 0.3) is 22.3 Å². The molecule has 2 aliphatic carbocycles. The van der Waals surface area contributed by atoms with E-state index in [-0.39, 0.29) is 29.8 Å². The van der Waals surface area contributed by atoms with E-state index in [1.165, 1.54) is 66.8 Å². The zero-order valence-corrected chi connectivity index (χ0v) is 26.2. The van der Waals surface area contributed by atoms with Crippen molar-refractivity contribution in [2.45, 2.75) is 43.7 Å². The molecule has 0 radical (unpaired) electrons. The number of nitrogens with one attached hydrogen (secondary N) is 3. The third-order valence-electron chi connectivity index (χ3n) is 10.5. The van der Waals surface area contributed by atoms with Gasteiger partial charge < -0.3 is 0 Å². The molecular weight excluding hydrogens is 558 g/mol. The first-order valence-electron chi connectivity index (χ1n) is 16.4. The third kappa shape index (κ3) is 4.24. The van der Waals surface area contributed by atoms with Crippen molar-refractivity contribution in [2.24, 2.45) is 0 Å². The first kappa shape index (κ1) is 27.5. The predicted molar refractivity (Wildman–Crippen MR) is 187 cm³/mol. The van der Waals surface area contributed by atoms with E-state index < -0.39 is 0 Å². The zero-order valence-electron chi connectivity index (χ0n) is 26.2. The molecule has 3 N–H and O–H groups in total. The molecule has 0 spiro atoms. The monoisotopic (exact) mass is 595 g/mol. The van der Waals surface area contributed by atoms with Crippen molar-refractivity contribution < 1.29 is 0 Å². The van der Waals surface area contributed by atoms with Gasteiger partial charge in [0.1, 0.15) is 0 Å². The maximum atomic E-state index is 3.84. The second-order valence-corrected chi connectivity index (χ2v) is 13.4. The molecule has 0 bridgehead atoms. The van der Waals surface area contributed by atoms with E-state index >= 15 is 0 Å². The molecule has 3 nitrogen and oxygen atoms in total. The lowest BCUT2D eigenvalue weighted by Gasteiger charge is -2.39. The van der Waals surface area contributed by atoms with Gasteiger partial charge in [0.2, 0.25) is 0 Å². The summed E-state index contributed by atoms with van der Waals surface area (Å²) in [6.45, 7) is 4.75. The summed E-state index contributed by atoms with van der Waals surface area (Å²) in [5.74, 6) is 0.181. The second-order valence-electron chi connectivity index (χ2n) is 13.4. The number of fused-ring (bicyclic) bond motifs is 7. The maximum Gasteiger partial charge on any atom is 0.0864 e. The minimum atomic E-state index is -0.0267. The molecule has 3 atom stereocenters. The molecular formula is C43H37N3. The molecule has 0 aromatic heterocycles. The van der Waals surface area contributed by atoms with Gasteiger partial charge in [-0.15, -0.1) is 0 Å². The van der Waals surface area contributed by atoms with Crippen molar-refractivity contribution in [1.82, 2.24) is 16.0 Å². The fourth-order valence-electron chi connectivity index (χ4n) is 8.25. The van der Waals surface area contributed by atoms with Crippen molar-refractivity contribution in [1.29, 1.82) is 0 Å². The summed E-state index contributed by atoms with van der Waals surface area (Å²) >= 11 is 0. The van der Waals surface area contributed by atoms with Gasteiger partial charge in [-0.1, -0.05) is 159 Å². The van der Waals surface area contributed by atoms with E-state index in [2.05, 4.69) is 175 Å². The van der Waals surface area contributed by atoms with Crippen molar-refractivity contribution >= 4 is 0 Å². The summed E-state index contributed by atoms with van der Waals surface area (Å²) in [7, 11) is 0. The summed E-state index contributed by atoms with van der Waals surface area (Å²) in [4.78, 5) is 0. The van der Waals surface area contributed by atoms with Gasteiger partial charge in [0.05, 0.1) is 18.5 Å². The molecule has 3 heteroatoms. The fourth-order valence-corrected chi connectivity index (χ4v) is 8.25. The lowest BCUT2D eigenvalue weighted by Crippen LogP contribution is -2.54. The first-order chi connectivity index (χ1) is 22.6. The van der Waals surface area contributed by atoms with E-state index in [9.17, 15) is 0 Å². The van der Waals surface area contributed by atoms with Crippen LogP contribution in [-0.2, 0) is 5.41 Å². The van der Waals surface area contributed by atoms with Crippen LogP contribution >= 0.6 is 0 Å². The largest absolute Gasteiger partial charge is 0.279 e. The summed E-state index contributed by atoms with van der Waals surface area (Å²) in [6, 6.07) is 53.5. The van der Waals surface area contributed by atoms with Gasteiger partial charge in [-0.05, 0) is 66.8 Å². The Bertz CT molecular complexity index is 2020. The molecule has 1 fully saturated rings. The molecule has 0 amide bonds. The highest BCUT2D eigenvalue weighted by Gasteiger charge is 2.41. The van der Waals surface area contributed by atoms with E-state index in [4.69, 9.17) is 0 Å². The van der Waals surface area contributed by atoms with Gasteiger partial charge >= 0.3 is 0 Å². The highest BCUT2D eigenvalue weighted by Crippen LogP contribution is 2.58. The molecule has 3 unspecified atom stereocenters. The smallest absolute Gasteiger partial charge is 0.0864 e. The summed E-state index contributed by atoms with van der Waals surface area (Å²) < 4.78 is 0. The van der Waals surface area contributed by atoms with E-state index in [0.29, 0.717) is 0 Å². The molecule has 224 valence electrons. The van der Waals surface area contributed by atoms with Crippen LogP contribution in [0, 0.1) is 0 Å². The van der Waals surface area contributed by atoms with Crippen molar-refractivity contribution in [3.63, 3.8) is 0 Å². The van der Waals surface area contributed by atoms with Gasteiger partial charge in [-0.3, -0.25) is 16.0 Å². The lowest BCUT2D eigenvalue weighted by molar-refractivity contribution is 0.203. The third-order valence-corrected chi connectivity index (χ3v) is 10.5. The molecule has 6 aromatic rings. The maximum absolute atomic E-state index is 3.84. The number of hydrogen-bond acceptors (Lipinski definition) is 3. The molecule has 1 saturated heterocycles. The number of hydrogen-bond donors (Lipinski definition) is 3. The Labute approximate surface area is 271 Å². The Morgan fingerprint density at radius 1 is 0.413 bits per heavy atom. The van der Waals surface area contributed by atoms with Crippen LogP contribution < -0.4 is 16.0 Å². The molecule has 6 aromatic carbocycles. The van der Waals surface area contributed by atoms with Crippen LogP contribution in [0.3, 0.4) is 0 Å². The fraction of sp³-hybridized carbons (Fsp3) is 0.163. The molecule has 9 rings (SSSR count). The predicted octanol–water partition coefficient (Wildman–Crippen LogP) is 9.33. The first-order valence-corrected chi connectivity index (χ1v) is 16.4. The van der Waals surface area contributed by atoms with Crippen LogP contribution in [0.1, 0.15) is 82.8 Å². The minimum Gasteiger partial charge on any atom is -0.279 e. The molecule has 0 saturated carbocycles. The number of rotatable bonds is 4. The average Bonchev–Trinajstić information content (AvgIpc) is 3.58. The topological polar surface area (TPSA) is 36.1 Å². The van der Waals surface area contributed by atoms with Crippen LogP contribution in [0.5, 0.6) is 0 Å². The van der Waals surface area contributed by atoms with Gasteiger partial charge in [-0.25, -0.2) is 0 Å². The van der Waals surface area contributed by atoms with Crippen molar-refractivity contribution in [2.75, 3.05) is 0 Å². The van der Waals surface area contributed by atoms with Crippen molar-refractivity contribution in [3.8, 4) is 22.3 Å². The van der Waals surface area contributed by atoms with Crippen LogP contribution in [0.4, 0.5) is 0 Å². The minimum absolute atomic E-state index is 0.0110. The highest BCUT2D eigenvalue weighted by molar-refractivity contribution is 5.93. The summed E-state index contributed by atoms with van der Waals surface area (Å²) in [5, 5.41) is 11.5. The SMILES string of the molecule is CC1(C)c2ccccc2-c2c1ccc1c2C(c2ccc(C3NC(c4ccccc4)NC(c4ccccc4)N3)cc2)c2ccccc2-1. The second kappa shape index (κ2) is 10.6. The Kier molecular flexibility index (Phi) is 6.36. The van der Waals surface area contributed by atoms with E-state index in [1.54, 1.807) is 0 Å². The van der Waals surface area contributed by atoms with Gasteiger partial charge in [0.25, 0.3) is 0 Å². The Morgan fingerprint density at radius 3 is 1.54 bits per heavy atom. The van der Waals surface area contributed by atoms with Gasteiger partial charge in [0.15, 0.2) is 0 Å². The highest BCUT2D eigenvalue weighted by atomic mass is 15.4. The van der Waals surface area contributed by atoms with E-state index in [1.807, 2.05) is 0 Å². The summed E-state index contributed by atoms with van der Waals surface area (Å²) in [5.41, 5.74) is 16.2. The number of benzene rings is 6. The average molecular weight is 596 g/mol. The standard InChI is InChI=1S/C43H37N3/c1-43(2)35-20-12-11-19-34(35)38-36(43)26-25-33-31-17-9-10-18-32(31)37(39(33)38)27-21-23-30(24-22-27)42-45-40(28-13-5-3-6-14-28)44-41(46-42)29-15-7-4-8-16-29/h3-26,37,40-42,44-46H,1-2H3. The zero-order chi connectivity index (χ0) is 30.8. The Hall–Kier alpha value is -4.80. The molecule has 1 heterocycles. The van der Waals surface area contributed by atoms with Crippen LogP contribution in [-0.4, -0.2) is 0 Å². The quantitative estimate of drug-likeness (QED) is 0.190. The Balaban J connectivity index is 1.12. The Morgan fingerprint density at radius 2 is 0.913 bits per heavy atom. The molecule has 3 aliphatic rings. The van der Waals surface area contributed by atoms with E-state index in [0.717, 1.165) is 0 Å². The lowest BCUT2D eigenvalue weighted by atomic mass is 9.80. The van der Waals surface area contributed by atoms with Crippen LogP contribution in [0.2, 0.25) is 0 Å². The van der Waals surface area contributed by atoms with Gasteiger partial charge in [-0.2, -0.15) is 0 Å². The van der Waals surface area contributed by atoms with Gasteiger partial charge in [0, 0.05) is 11.3 Å². The molecule has 1 aliphatic heterocycles. The normalized spacial score (nSPS) is 22.0. The van der Waals surface area contributed by atoms with Crippen LogP contribution in [0.15, 0.2) is 146 Å². The van der Waals surface area contributed by atoms with Crippen molar-refractivity contribution in [3.05, 3.63) is 190 Å². The summed E-state index contributed by atoms with van der Waals surface area (Å²) in [6.07, 6.45) is -0.000330. The molecule has 46 heavy (non-hydrogen) atoms.